The van der Waals surface area contributed by atoms with Crippen molar-refractivity contribution in [3.63, 3.8) is 0 Å². The molecule has 3 rings (SSSR count). The predicted octanol–water partition coefficient (Wildman–Crippen LogP) is 1.30. The molecule has 2 unspecified atom stereocenters. The summed E-state index contributed by atoms with van der Waals surface area (Å²) in [5, 5.41) is 0. The number of halogens is 1. The van der Waals surface area contributed by atoms with Crippen molar-refractivity contribution >= 4 is 33.5 Å². The Kier molecular flexibility index (Phi) is 5.44. The Labute approximate surface area is 146 Å². The van der Waals surface area contributed by atoms with Gasteiger partial charge in [-0.3, -0.25) is 4.57 Å². The van der Waals surface area contributed by atoms with Crippen LogP contribution < -0.4 is 11.5 Å². The lowest BCUT2D eigenvalue weighted by molar-refractivity contribution is 0.211. The largest absolute Gasteiger partial charge is 0.419 e. The van der Waals surface area contributed by atoms with E-state index in [1.54, 1.807) is 13.1 Å². The van der Waals surface area contributed by atoms with Crippen LogP contribution in [0.4, 0.5) is 0 Å². The quantitative estimate of drug-likeness (QED) is 0.871. The Balaban J connectivity index is 0.00000208. The SMILES string of the molecule is CC1CCN(S(=O)(=O)c2ccc3c(c2)oc(=O)n3C)C(CN)C1.Cl. The molecule has 1 fully saturated rings. The Morgan fingerprint density at radius 3 is 2.75 bits per heavy atom. The normalized spacial score (nSPS) is 22.5. The van der Waals surface area contributed by atoms with E-state index in [1.807, 2.05) is 0 Å². The molecule has 0 saturated carbocycles. The highest BCUT2D eigenvalue weighted by molar-refractivity contribution is 7.89. The molecule has 1 saturated heterocycles. The first-order valence-corrected chi connectivity index (χ1v) is 9.10. The van der Waals surface area contributed by atoms with E-state index in [1.165, 1.54) is 21.0 Å². The third kappa shape index (κ3) is 3.11. The number of nitrogens with zero attached hydrogens (tertiary/aromatic N) is 2. The topological polar surface area (TPSA) is 98.5 Å². The van der Waals surface area contributed by atoms with Crippen molar-refractivity contribution in [2.75, 3.05) is 13.1 Å². The summed E-state index contributed by atoms with van der Waals surface area (Å²) in [5.41, 5.74) is 6.61. The van der Waals surface area contributed by atoms with E-state index in [4.69, 9.17) is 10.2 Å². The van der Waals surface area contributed by atoms with E-state index < -0.39 is 15.8 Å². The van der Waals surface area contributed by atoms with Crippen LogP contribution in [0.5, 0.6) is 0 Å². The zero-order valence-corrected chi connectivity index (χ0v) is 15.3. The van der Waals surface area contributed by atoms with Gasteiger partial charge < -0.3 is 10.2 Å². The molecule has 2 N–H and O–H groups in total. The van der Waals surface area contributed by atoms with Gasteiger partial charge in [-0.1, -0.05) is 6.92 Å². The number of hydrogen-bond acceptors (Lipinski definition) is 5. The molecular weight excluding hydrogens is 354 g/mol. The molecule has 0 bridgehead atoms. The van der Waals surface area contributed by atoms with Gasteiger partial charge in [0.2, 0.25) is 10.0 Å². The van der Waals surface area contributed by atoms with Gasteiger partial charge in [0, 0.05) is 32.2 Å². The maximum absolute atomic E-state index is 12.9. The fraction of sp³-hybridized carbons (Fsp3) is 0.533. The van der Waals surface area contributed by atoms with Crippen molar-refractivity contribution in [3.05, 3.63) is 28.7 Å². The fourth-order valence-corrected chi connectivity index (χ4v) is 4.85. The molecule has 0 radical (unpaired) electrons. The number of nitrogens with two attached hydrogens (primary N) is 1. The first-order valence-electron chi connectivity index (χ1n) is 7.66. The van der Waals surface area contributed by atoms with E-state index in [9.17, 15) is 13.2 Å². The maximum atomic E-state index is 12.9. The lowest BCUT2D eigenvalue weighted by atomic mass is 9.94. The van der Waals surface area contributed by atoms with Gasteiger partial charge in [0.15, 0.2) is 5.58 Å². The van der Waals surface area contributed by atoms with Crippen molar-refractivity contribution in [2.24, 2.45) is 18.7 Å². The summed E-state index contributed by atoms with van der Waals surface area (Å²) in [6.45, 7) is 2.87. The summed E-state index contributed by atoms with van der Waals surface area (Å²) < 4.78 is 33.8. The van der Waals surface area contributed by atoms with Gasteiger partial charge in [-0.15, -0.1) is 12.4 Å². The first kappa shape index (κ1) is 19.0. The molecule has 1 aromatic heterocycles. The second kappa shape index (κ2) is 6.87. The molecule has 0 amide bonds. The van der Waals surface area contributed by atoms with E-state index in [0.29, 0.717) is 24.5 Å². The van der Waals surface area contributed by atoms with E-state index >= 15 is 0 Å². The molecule has 0 spiro atoms. The van der Waals surface area contributed by atoms with Gasteiger partial charge in [-0.25, -0.2) is 13.2 Å². The minimum atomic E-state index is -3.66. The second-order valence-corrected chi connectivity index (χ2v) is 8.08. The molecule has 24 heavy (non-hydrogen) atoms. The number of hydrogen-bond donors (Lipinski definition) is 1. The molecule has 1 aliphatic heterocycles. The van der Waals surface area contributed by atoms with Crippen LogP contribution in [-0.2, 0) is 17.1 Å². The molecule has 1 aliphatic rings. The number of sulfonamides is 1. The Bertz CT molecular complexity index is 890. The summed E-state index contributed by atoms with van der Waals surface area (Å²) in [6.07, 6.45) is 1.58. The minimum Gasteiger partial charge on any atom is -0.408 e. The minimum absolute atomic E-state index is 0. The zero-order chi connectivity index (χ0) is 16.8. The highest BCUT2D eigenvalue weighted by Crippen LogP contribution is 2.29. The maximum Gasteiger partial charge on any atom is 0.419 e. The molecule has 134 valence electrons. The molecular formula is C15H22ClN3O4S. The summed E-state index contributed by atoms with van der Waals surface area (Å²) in [5.74, 6) is -0.0502. The number of oxazole rings is 1. The monoisotopic (exact) mass is 375 g/mol. The zero-order valence-electron chi connectivity index (χ0n) is 13.6. The van der Waals surface area contributed by atoms with Gasteiger partial charge in [-0.2, -0.15) is 4.31 Å². The Morgan fingerprint density at radius 1 is 1.38 bits per heavy atom. The second-order valence-electron chi connectivity index (χ2n) is 6.19. The van der Waals surface area contributed by atoms with Crippen molar-refractivity contribution < 1.29 is 12.8 Å². The van der Waals surface area contributed by atoms with Gasteiger partial charge >= 0.3 is 5.76 Å². The smallest absolute Gasteiger partial charge is 0.408 e. The Hall–Kier alpha value is -1.35. The standard InChI is InChI=1S/C15H21N3O4S.ClH/c1-10-5-6-18(11(7-10)9-16)23(20,21)12-3-4-13-14(8-12)22-15(19)17(13)2;/h3-4,8,10-11H,5-7,9,16H2,1-2H3;1H. The molecule has 2 aromatic rings. The lowest BCUT2D eigenvalue weighted by Crippen LogP contribution is -2.49. The van der Waals surface area contributed by atoms with Gasteiger partial charge in [-0.05, 0) is 30.9 Å². The summed E-state index contributed by atoms with van der Waals surface area (Å²) in [4.78, 5) is 11.7. The highest BCUT2D eigenvalue weighted by Gasteiger charge is 2.35. The van der Waals surface area contributed by atoms with Crippen LogP contribution in [0, 0.1) is 5.92 Å². The van der Waals surface area contributed by atoms with Crippen LogP contribution in [0.1, 0.15) is 19.8 Å². The third-order valence-electron chi connectivity index (χ3n) is 4.57. The fourth-order valence-electron chi connectivity index (χ4n) is 3.17. The molecule has 0 aliphatic carbocycles. The number of fused-ring (bicyclic) bond motifs is 1. The molecule has 2 heterocycles. The van der Waals surface area contributed by atoms with Crippen molar-refractivity contribution in [1.29, 1.82) is 0 Å². The number of piperidine rings is 1. The summed E-state index contributed by atoms with van der Waals surface area (Å²) >= 11 is 0. The first-order chi connectivity index (χ1) is 10.8. The summed E-state index contributed by atoms with van der Waals surface area (Å²) in [7, 11) is -2.08. The van der Waals surface area contributed by atoms with Crippen LogP contribution in [0.15, 0.2) is 32.3 Å². The highest BCUT2D eigenvalue weighted by atomic mass is 35.5. The third-order valence-corrected chi connectivity index (χ3v) is 6.51. The van der Waals surface area contributed by atoms with Crippen LogP contribution >= 0.6 is 12.4 Å². The van der Waals surface area contributed by atoms with Crippen LogP contribution in [-0.4, -0.2) is 36.4 Å². The molecule has 1 aromatic carbocycles. The number of aryl methyl sites for hydroxylation is 1. The average Bonchev–Trinajstić information content (AvgIpc) is 2.81. The molecule has 2 atom stereocenters. The van der Waals surface area contributed by atoms with Crippen molar-refractivity contribution in [3.8, 4) is 0 Å². The van der Waals surface area contributed by atoms with E-state index in [0.717, 1.165) is 12.8 Å². The average molecular weight is 376 g/mol. The number of aromatic nitrogens is 1. The molecule has 7 nitrogen and oxygen atoms in total. The van der Waals surface area contributed by atoms with Crippen LogP contribution in [0.3, 0.4) is 0 Å². The summed E-state index contributed by atoms with van der Waals surface area (Å²) in [6, 6.07) is 4.33. The molecule has 9 heteroatoms. The number of rotatable bonds is 3. The van der Waals surface area contributed by atoms with Gasteiger partial charge in [0.25, 0.3) is 0 Å². The predicted molar refractivity (Wildman–Crippen MR) is 93.8 cm³/mol. The van der Waals surface area contributed by atoms with E-state index in [2.05, 4.69) is 6.92 Å². The van der Waals surface area contributed by atoms with Gasteiger partial charge in [0.05, 0.1) is 10.4 Å². The van der Waals surface area contributed by atoms with Crippen molar-refractivity contribution in [1.82, 2.24) is 8.87 Å². The van der Waals surface area contributed by atoms with Crippen LogP contribution in [0.25, 0.3) is 11.1 Å². The van der Waals surface area contributed by atoms with E-state index in [-0.39, 0.29) is 28.9 Å². The Morgan fingerprint density at radius 2 is 2.08 bits per heavy atom. The van der Waals surface area contributed by atoms with Crippen LogP contribution in [0.2, 0.25) is 0 Å². The van der Waals surface area contributed by atoms with Crippen molar-refractivity contribution in [2.45, 2.75) is 30.7 Å². The lowest BCUT2D eigenvalue weighted by Gasteiger charge is -2.36. The number of benzene rings is 1. The van der Waals surface area contributed by atoms with Gasteiger partial charge in [0.1, 0.15) is 0 Å².